The van der Waals surface area contributed by atoms with Gasteiger partial charge in [0, 0.05) is 11.5 Å². The van der Waals surface area contributed by atoms with Gasteiger partial charge in [0.15, 0.2) is 0 Å². The number of hydrogen-bond donors (Lipinski definition) is 0. The highest BCUT2D eigenvalue weighted by Crippen LogP contribution is 2.13. The molecule has 0 atom stereocenters. The van der Waals surface area contributed by atoms with Crippen molar-refractivity contribution in [2.75, 3.05) is 7.11 Å². The topological polar surface area (TPSA) is 9.23 Å². The Morgan fingerprint density at radius 1 is 1.50 bits per heavy atom. The van der Waals surface area contributed by atoms with Gasteiger partial charge < -0.3 is 4.74 Å². The van der Waals surface area contributed by atoms with Gasteiger partial charge in [-0.1, -0.05) is 17.7 Å². The lowest BCUT2D eigenvalue weighted by atomic mass is 10.3. The quantitative estimate of drug-likeness (QED) is 0.567. The smallest absolute Gasteiger partial charge is 0.0993 e. The van der Waals surface area contributed by atoms with Crippen molar-refractivity contribution in [2.45, 2.75) is 6.42 Å². The molecule has 2 heteroatoms. The van der Waals surface area contributed by atoms with E-state index in [1.165, 1.54) is 0 Å². The number of halogens is 1. The number of ether oxygens (including phenoxy) is 1. The van der Waals surface area contributed by atoms with Crippen LogP contribution in [0.4, 0.5) is 0 Å². The Hall–Kier alpha value is -0.690. The Kier molecular flexibility index (Phi) is 2.57. The van der Waals surface area contributed by atoms with Crippen molar-refractivity contribution in [2.24, 2.45) is 0 Å². The Bertz CT molecular complexity index is 201. The van der Waals surface area contributed by atoms with E-state index in [1.54, 1.807) is 7.11 Å². The first-order chi connectivity index (χ1) is 4.83. The fourth-order valence-corrected chi connectivity index (χ4v) is 0.887. The zero-order valence-electron chi connectivity index (χ0n) is 5.80. The lowest BCUT2D eigenvalue weighted by Gasteiger charge is -1.98. The van der Waals surface area contributed by atoms with Gasteiger partial charge in [0.2, 0.25) is 0 Å². The van der Waals surface area contributed by atoms with Crippen LogP contribution >= 0.6 is 11.6 Å². The molecule has 0 radical (unpaired) electrons. The fraction of sp³-hybridized carbons (Fsp3) is 0.250. The molecule has 1 aliphatic rings. The summed E-state index contributed by atoms with van der Waals surface area (Å²) in [6, 6.07) is 0. The van der Waals surface area contributed by atoms with E-state index < -0.39 is 0 Å². The average molecular weight is 157 g/mol. The molecule has 54 valence electrons. The Balaban J connectivity index is 2.74. The summed E-state index contributed by atoms with van der Waals surface area (Å²) in [5, 5.41) is 0.743. The van der Waals surface area contributed by atoms with E-state index in [1.807, 2.05) is 24.3 Å². The van der Waals surface area contributed by atoms with Gasteiger partial charge in [0.05, 0.1) is 12.9 Å². The van der Waals surface area contributed by atoms with Gasteiger partial charge >= 0.3 is 0 Å². The van der Waals surface area contributed by atoms with Crippen LogP contribution in [0.25, 0.3) is 0 Å². The minimum absolute atomic E-state index is 0.743. The van der Waals surface area contributed by atoms with Crippen molar-refractivity contribution in [3.8, 4) is 0 Å². The van der Waals surface area contributed by atoms with Crippen molar-refractivity contribution in [1.82, 2.24) is 0 Å². The first kappa shape index (κ1) is 7.42. The van der Waals surface area contributed by atoms with Crippen LogP contribution in [0.3, 0.4) is 0 Å². The summed E-state index contributed by atoms with van der Waals surface area (Å²) in [4.78, 5) is 0. The second-order valence-corrected chi connectivity index (χ2v) is 2.43. The lowest BCUT2D eigenvalue weighted by Crippen LogP contribution is -1.81. The highest BCUT2D eigenvalue weighted by molar-refractivity contribution is 6.31. The number of allylic oxidation sites excluding steroid dienone is 5. The van der Waals surface area contributed by atoms with Crippen molar-refractivity contribution in [1.29, 1.82) is 0 Å². The van der Waals surface area contributed by atoms with Gasteiger partial charge in [0.1, 0.15) is 0 Å². The van der Waals surface area contributed by atoms with Crippen LogP contribution in [0, 0.1) is 0 Å². The van der Waals surface area contributed by atoms with E-state index in [0.717, 1.165) is 17.2 Å². The van der Waals surface area contributed by atoms with Gasteiger partial charge in [-0.2, -0.15) is 0 Å². The summed E-state index contributed by atoms with van der Waals surface area (Å²) in [6.45, 7) is 0. The summed E-state index contributed by atoms with van der Waals surface area (Å²) in [7, 11) is 1.66. The zero-order valence-corrected chi connectivity index (χ0v) is 6.56. The molecule has 0 heterocycles. The van der Waals surface area contributed by atoms with E-state index in [9.17, 15) is 0 Å². The molecule has 1 rings (SSSR count). The van der Waals surface area contributed by atoms with E-state index in [0.29, 0.717) is 0 Å². The van der Waals surface area contributed by atoms with Gasteiger partial charge in [-0.05, 0) is 18.2 Å². The lowest BCUT2D eigenvalue weighted by molar-refractivity contribution is 0.285. The molecule has 0 unspecified atom stereocenters. The maximum absolute atomic E-state index is 5.72. The van der Waals surface area contributed by atoms with E-state index >= 15 is 0 Å². The molecule has 1 aliphatic carbocycles. The summed E-state index contributed by atoms with van der Waals surface area (Å²) in [5.74, 6) is 0.937. The van der Waals surface area contributed by atoms with Crippen molar-refractivity contribution in [3.05, 3.63) is 35.1 Å². The normalized spacial score (nSPS) is 17.4. The van der Waals surface area contributed by atoms with Crippen LogP contribution in [-0.2, 0) is 4.74 Å². The molecule has 1 nitrogen and oxygen atoms in total. The average Bonchev–Trinajstić information content (AvgIpc) is 2.14. The molecule has 0 spiro atoms. The van der Waals surface area contributed by atoms with Gasteiger partial charge in [-0.25, -0.2) is 0 Å². The molecule has 0 fully saturated rings. The molecule has 10 heavy (non-hydrogen) atoms. The summed E-state index contributed by atoms with van der Waals surface area (Å²) >= 11 is 5.72. The maximum Gasteiger partial charge on any atom is 0.0993 e. The van der Waals surface area contributed by atoms with Crippen LogP contribution in [-0.4, -0.2) is 7.11 Å². The second-order valence-electron chi connectivity index (χ2n) is 2.00. The van der Waals surface area contributed by atoms with Crippen LogP contribution in [0.1, 0.15) is 6.42 Å². The summed E-state index contributed by atoms with van der Waals surface area (Å²) < 4.78 is 5.03. The third-order valence-electron chi connectivity index (χ3n) is 1.29. The van der Waals surface area contributed by atoms with Gasteiger partial charge in [-0.3, -0.25) is 0 Å². The molecule has 0 N–H and O–H groups in total. The summed E-state index contributed by atoms with van der Waals surface area (Å²) in [6.07, 6.45) is 8.36. The molecule has 0 saturated carbocycles. The van der Waals surface area contributed by atoms with Crippen molar-refractivity contribution >= 4 is 11.6 Å². The second kappa shape index (κ2) is 3.47. The van der Waals surface area contributed by atoms with Crippen LogP contribution in [0.5, 0.6) is 0 Å². The standard InChI is InChI=1S/C8H9ClO/c1-10-8-4-2-3-7(9)5-6-8/h2-3,5-6H,4H2,1H3. The molecule has 0 saturated heterocycles. The Morgan fingerprint density at radius 2 is 2.30 bits per heavy atom. The van der Waals surface area contributed by atoms with E-state index in [4.69, 9.17) is 16.3 Å². The SMILES string of the molecule is COC1=CC=C(Cl)C=CC1. The number of methoxy groups -OCH3 is 1. The van der Waals surface area contributed by atoms with Crippen LogP contribution in [0.2, 0.25) is 0 Å². The molecule has 0 aromatic carbocycles. The first-order valence-electron chi connectivity index (χ1n) is 3.10. The van der Waals surface area contributed by atoms with Crippen LogP contribution in [0.15, 0.2) is 35.1 Å². The minimum Gasteiger partial charge on any atom is -0.501 e. The molecular weight excluding hydrogens is 148 g/mol. The molecular formula is C8H9ClO. The largest absolute Gasteiger partial charge is 0.501 e. The van der Waals surface area contributed by atoms with Gasteiger partial charge in [0.25, 0.3) is 0 Å². The van der Waals surface area contributed by atoms with Crippen LogP contribution < -0.4 is 0 Å². The minimum atomic E-state index is 0.743. The highest BCUT2D eigenvalue weighted by Gasteiger charge is 1.94. The monoisotopic (exact) mass is 156 g/mol. The molecule has 0 aromatic rings. The first-order valence-corrected chi connectivity index (χ1v) is 3.47. The predicted octanol–water partition coefficient (Wildman–Crippen LogP) is 2.60. The van der Waals surface area contributed by atoms with Gasteiger partial charge in [-0.15, -0.1) is 0 Å². The highest BCUT2D eigenvalue weighted by atomic mass is 35.5. The Morgan fingerprint density at radius 3 is 3.00 bits per heavy atom. The molecule has 0 aliphatic heterocycles. The predicted molar refractivity (Wildman–Crippen MR) is 42.8 cm³/mol. The fourth-order valence-electron chi connectivity index (χ4n) is 0.735. The molecule has 0 amide bonds. The summed E-state index contributed by atoms with van der Waals surface area (Å²) in [5.41, 5.74) is 0. The number of hydrogen-bond acceptors (Lipinski definition) is 1. The van der Waals surface area contributed by atoms with E-state index in [-0.39, 0.29) is 0 Å². The number of rotatable bonds is 1. The molecule has 0 aromatic heterocycles. The third kappa shape index (κ3) is 1.92. The Labute approximate surface area is 65.6 Å². The zero-order chi connectivity index (χ0) is 7.40. The maximum atomic E-state index is 5.72. The van der Waals surface area contributed by atoms with Crippen molar-refractivity contribution < 1.29 is 4.74 Å². The van der Waals surface area contributed by atoms with Crippen molar-refractivity contribution in [3.63, 3.8) is 0 Å². The van der Waals surface area contributed by atoms with E-state index in [2.05, 4.69) is 0 Å². The molecule has 0 bridgehead atoms. The third-order valence-corrected chi connectivity index (χ3v) is 1.54.